The van der Waals surface area contributed by atoms with Gasteiger partial charge in [-0.25, -0.2) is 9.97 Å². The van der Waals surface area contributed by atoms with Crippen LogP contribution in [0.4, 0.5) is 11.6 Å². The van der Waals surface area contributed by atoms with Gasteiger partial charge in [0.15, 0.2) is 0 Å². The summed E-state index contributed by atoms with van der Waals surface area (Å²) in [4.78, 5) is 8.93. The van der Waals surface area contributed by atoms with Crippen molar-refractivity contribution in [3.05, 3.63) is 47.3 Å². The zero-order valence-corrected chi connectivity index (χ0v) is 12.0. The van der Waals surface area contributed by atoms with Crippen LogP contribution in [0.3, 0.4) is 0 Å². The maximum atomic E-state index is 4.52. The second-order valence-electron chi connectivity index (χ2n) is 5.14. The van der Waals surface area contributed by atoms with E-state index in [4.69, 9.17) is 0 Å². The SMILES string of the molecule is CCc1nc(NC)cc(NCC2Cc3ccccc32)n1. The Kier molecular flexibility index (Phi) is 3.54. The number of fused-ring (bicyclic) bond motifs is 1. The molecule has 1 aliphatic rings. The number of hydrogen-bond acceptors (Lipinski definition) is 4. The van der Waals surface area contributed by atoms with E-state index >= 15 is 0 Å². The lowest BCUT2D eigenvalue weighted by Gasteiger charge is -2.30. The first-order valence-electron chi connectivity index (χ1n) is 7.17. The number of aryl methyl sites for hydroxylation is 1. The highest BCUT2D eigenvalue weighted by Gasteiger charge is 2.24. The van der Waals surface area contributed by atoms with Crippen LogP contribution in [0.5, 0.6) is 0 Å². The number of anilines is 2. The third kappa shape index (κ3) is 2.46. The Bertz CT molecular complexity index is 587. The van der Waals surface area contributed by atoms with Gasteiger partial charge in [0.2, 0.25) is 0 Å². The number of hydrogen-bond donors (Lipinski definition) is 2. The molecule has 3 rings (SSSR count). The van der Waals surface area contributed by atoms with Gasteiger partial charge in [-0.1, -0.05) is 31.2 Å². The minimum atomic E-state index is 0.601. The Morgan fingerprint density at radius 3 is 2.75 bits per heavy atom. The van der Waals surface area contributed by atoms with Gasteiger partial charge in [0.05, 0.1) is 0 Å². The first-order valence-corrected chi connectivity index (χ1v) is 7.17. The van der Waals surface area contributed by atoms with Crippen molar-refractivity contribution in [3.63, 3.8) is 0 Å². The minimum Gasteiger partial charge on any atom is -0.373 e. The Labute approximate surface area is 119 Å². The third-order valence-corrected chi connectivity index (χ3v) is 3.84. The molecule has 2 N–H and O–H groups in total. The predicted molar refractivity (Wildman–Crippen MR) is 82.3 cm³/mol. The lowest BCUT2D eigenvalue weighted by Crippen LogP contribution is -2.24. The molecule has 0 amide bonds. The average molecular weight is 268 g/mol. The quantitative estimate of drug-likeness (QED) is 0.875. The fraction of sp³-hybridized carbons (Fsp3) is 0.375. The zero-order valence-electron chi connectivity index (χ0n) is 12.0. The van der Waals surface area contributed by atoms with Crippen molar-refractivity contribution in [3.8, 4) is 0 Å². The molecule has 1 aromatic heterocycles. The van der Waals surface area contributed by atoms with Crippen molar-refractivity contribution in [1.29, 1.82) is 0 Å². The minimum absolute atomic E-state index is 0.601. The molecular weight excluding hydrogens is 248 g/mol. The standard InChI is InChI=1S/C16H20N4/c1-3-14-19-15(17-2)9-16(20-14)18-10-12-8-11-6-4-5-7-13(11)12/h4-7,9,12H,3,8,10H2,1-2H3,(H2,17,18,19,20). The average Bonchev–Trinajstić information content (AvgIpc) is 2.47. The Balaban J connectivity index is 1.67. The van der Waals surface area contributed by atoms with E-state index in [-0.39, 0.29) is 0 Å². The molecule has 0 bridgehead atoms. The molecule has 4 nitrogen and oxygen atoms in total. The van der Waals surface area contributed by atoms with E-state index in [1.165, 1.54) is 11.1 Å². The summed E-state index contributed by atoms with van der Waals surface area (Å²) in [6.45, 7) is 3.00. The molecule has 4 heteroatoms. The van der Waals surface area contributed by atoms with Gasteiger partial charge in [-0.05, 0) is 17.5 Å². The van der Waals surface area contributed by atoms with Crippen LogP contribution >= 0.6 is 0 Å². The van der Waals surface area contributed by atoms with Gasteiger partial charge in [0, 0.05) is 32.0 Å². The summed E-state index contributed by atoms with van der Waals surface area (Å²) < 4.78 is 0. The molecule has 0 spiro atoms. The van der Waals surface area contributed by atoms with E-state index in [2.05, 4.69) is 51.8 Å². The van der Waals surface area contributed by atoms with E-state index in [0.717, 1.165) is 36.8 Å². The van der Waals surface area contributed by atoms with Crippen LogP contribution in [0, 0.1) is 0 Å². The molecule has 1 unspecified atom stereocenters. The van der Waals surface area contributed by atoms with Crippen molar-refractivity contribution >= 4 is 11.6 Å². The monoisotopic (exact) mass is 268 g/mol. The van der Waals surface area contributed by atoms with Crippen LogP contribution in [0.25, 0.3) is 0 Å². The normalized spacial score (nSPS) is 16.2. The van der Waals surface area contributed by atoms with Gasteiger partial charge in [-0.3, -0.25) is 0 Å². The highest BCUT2D eigenvalue weighted by Crippen LogP contribution is 2.34. The summed E-state index contributed by atoms with van der Waals surface area (Å²) in [5.41, 5.74) is 2.95. The van der Waals surface area contributed by atoms with E-state index in [1.54, 1.807) is 0 Å². The number of nitrogens with one attached hydrogen (secondary N) is 2. The maximum Gasteiger partial charge on any atom is 0.132 e. The Hall–Kier alpha value is -2.10. The molecule has 1 atom stereocenters. The summed E-state index contributed by atoms with van der Waals surface area (Å²) in [7, 11) is 1.88. The summed E-state index contributed by atoms with van der Waals surface area (Å²) in [5.74, 6) is 3.25. The first-order chi connectivity index (χ1) is 9.80. The van der Waals surface area contributed by atoms with Gasteiger partial charge >= 0.3 is 0 Å². The van der Waals surface area contributed by atoms with Gasteiger partial charge < -0.3 is 10.6 Å². The fourth-order valence-electron chi connectivity index (χ4n) is 2.65. The highest BCUT2D eigenvalue weighted by atomic mass is 15.1. The highest BCUT2D eigenvalue weighted by molar-refractivity contribution is 5.48. The van der Waals surface area contributed by atoms with Gasteiger partial charge in [-0.15, -0.1) is 0 Å². The molecule has 0 aliphatic heterocycles. The lowest BCUT2D eigenvalue weighted by atomic mass is 9.77. The number of nitrogens with zero attached hydrogens (tertiary/aromatic N) is 2. The van der Waals surface area contributed by atoms with E-state index in [0.29, 0.717) is 5.92 Å². The smallest absolute Gasteiger partial charge is 0.132 e. The lowest BCUT2D eigenvalue weighted by molar-refractivity contribution is 0.634. The van der Waals surface area contributed by atoms with Gasteiger partial charge in [0.25, 0.3) is 0 Å². The van der Waals surface area contributed by atoms with E-state index < -0.39 is 0 Å². The molecule has 20 heavy (non-hydrogen) atoms. The second kappa shape index (κ2) is 5.49. The van der Waals surface area contributed by atoms with Crippen molar-refractivity contribution in [1.82, 2.24) is 9.97 Å². The zero-order chi connectivity index (χ0) is 13.9. The summed E-state index contributed by atoms with van der Waals surface area (Å²) in [6.07, 6.45) is 2.00. The largest absolute Gasteiger partial charge is 0.373 e. The topological polar surface area (TPSA) is 49.8 Å². The molecule has 2 aromatic rings. The van der Waals surface area contributed by atoms with Crippen LogP contribution in [0.2, 0.25) is 0 Å². The van der Waals surface area contributed by atoms with Crippen LogP contribution in [0.1, 0.15) is 29.8 Å². The second-order valence-corrected chi connectivity index (χ2v) is 5.14. The van der Waals surface area contributed by atoms with Crippen molar-refractivity contribution in [2.24, 2.45) is 0 Å². The maximum absolute atomic E-state index is 4.52. The van der Waals surface area contributed by atoms with E-state index in [9.17, 15) is 0 Å². The number of benzene rings is 1. The molecule has 1 heterocycles. The molecule has 1 aliphatic carbocycles. The molecule has 0 fully saturated rings. The Morgan fingerprint density at radius 1 is 1.20 bits per heavy atom. The van der Waals surface area contributed by atoms with Crippen LogP contribution in [-0.2, 0) is 12.8 Å². The summed E-state index contributed by atoms with van der Waals surface area (Å²) in [6, 6.07) is 10.6. The number of rotatable bonds is 5. The van der Waals surface area contributed by atoms with Gasteiger partial charge in [-0.2, -0.15) is 0 Å². The van der Waals surface area contributed by atoms with Crippen molar-refractivity contribution in [2.75, 3.05) is 24.2 Å². The fourth-order valence-corrected chi connectivity index (χ4v) is 2.65. The van der Waals surface area contributed by atoms with E-state index in [1.807, 2.05) is 13.1 Å². The Morgan fingerprint density at radius 2 is 2.00 bits per heavy atom. The van der Waals surface area contributed by atoms with Crippen molar-refractivity contribution < 1.29 is 0 Å². The van der Waals surface area contributed by atoms with Crippen LogP contribution in [-0.4, -0.2) is 23.6 Å². The summed E-state index contributed by atoms with van der Waals surface area (Å²) >= 11 is 0. The van der Waals surface area contributed by atoms with Crippen molar-refractivity contribution in [2.45, 2.75) is 25.7 Å². The van der Waals surface area contributed by atoms with Crippen LogP contribution < -0.4 is 10.6 Å². The number of aromatic nitrogens is 2. The molecular formula is C16H20N4. The molecule has 104 valence electrons. The first kappa shape index (κ1) is 12.9. The molecule has 0 saturated heterocycles. The molecule has 1 aromatic carbocycles. The third-order valence-electron chi connectivity index (χ3n) is 3.84. The molecule has 0 saturated carbocycles. The van der Waals surface area contributed by atoms with Gasteiger partial charge in [0.1, 0.15) is 17.5 Å². The molecule has 0 radical (unpaired) electrons. The van der Waals surface area contributed by atoms with Crippen LogP contribution in [0.15, 0.2) is 30.3 Å². The predicted octanol–water partition coefficient (Wildman–Crippen LogP) is 2.83. The summed E-state index contributed by atoms with van der Waals surface area (Å²) in [5, 5.41) is 6.53.